The molecule has 1 saturated heterocycles. The van der Waals surface area contributed by atoms with E-state index in [4.69, 9.17) is 0 Å². The molecule has 4 nitrogen and oxygen atoms in total. The molecule has 0 aliphatic carbocycles. The maximum Gasteiger partial charge on any atom is 0.107 e. The lowest BCUT2D eigenvalue weighted by Crippen LogP contribution is -2.34. The van der Waals surface area contributed by atoms with E-state index in [9.17, 15) is 0 Å². The van der Waals surface area contributed by atoms with Gasteiger partial charge in [0.15, 0.2) is 0 Å². The minimum atomic E-state index is 0.913. The van der Waals surface area contributed by atoms with Crippen molar-refractivity contribution >= 4 is 11.3 Å². The van der Waals surface area contributed by atoms with E-state index in [1.54, 1.807) is 0 Å². The van der Waals surface area contributed by atoms with Gasteiger partial charge < -0.3 is 15.5 Å². The maximum absolute atomic E-state index is 4.42. The molecule has 0 amide bonds. The highest BCUT2D eigenvalue weighted by atomic mass is 32.1. The van der Waals surface area contributed by atoms with Gasteiger partial charge in [-0.2, -0.15) is 0 Å². The van der Waals surface area contributed by atoms with E-state index in [0.29, 0.717) is 0 Å². The summed E-state index contributed by atoms with van der Waals surface area (Å²) >= 11 is 1.83. The van der Waals surface area contributed by atoms with Gasteiger partial charge in [0.1, 0.15) is 5.01 Å². The summed E-state index contributed by atoms with van der Waals surface area (Å²) in [5.74, 6) is 0. The van der Waals surface area contributed by atoms with Crippen molar-refractivity contribution in [3.05, 3.63) is 16.1 Å². The van der Waals surface area contributed by atoms with Crippen molar-refractivity contribution in [2.45, 2.75) is 26.3 Å². The summed E-state index contributed by atoms with van der Waals surface area (Å²) in [5, 5.41) is 8.14. The molecule has 0 saturated carbocycles. The molecule has 1 aromatic heterocycles. The molecule has 5 heteroatoms. The van der Waals surface area contributed by atoms with Crippen molar-refractivity contribution in [1.29, 1.82) is 0 Å². The van der Waals surface area contributed by atoms with E-state index >= 15 is 0 Å². The van der Waals surface area contributed by atoms with Gasteiger partial charge in [0.05, 0.1) is 0 Å². The van der Waals surface area contributed by atoms with Crippen molar-refractivity contribution in [3.63, 3.8) is 0 Å². The third kappa shape index (κ3) is 4.65. The summed E-state index contributed by atoms with van der Waals surface area (Å²) in [6.07, 6.45) is 4.37. The zero-order valence-corrected chi connectivity index (χ0v) is 12.1. The molecule has 0 radical (unpaired) electrons. The molecule has 1 aromatic rings. The van der Waals surface area contributed by atoms with Crippen LogP contribution in [0.2, 0.25) is 0 Å². The number of nitrogens with zero attached hydrogens (tertiary/aromatic N) is 2. The monoisotopic (exact) mass is 268 g/mol. The zero-order valence-electron chi connectivity index (χ0n) is 11.2. The molecule has 2 N–H and O–H groups in total. The molecule has 1 fully saturated rings. The molecule has 0 unspecified atom stereocenters. The smallest absolute Gasteiger partial charge is 0.107 e. The first-order valence-corrected chi connectivity index (χ1v) is 7.77. The standard InChI is InChI=1S/C13H24N4S/c1-2-12-10-16-13(18-12)11-15-6-9-17-7-3-4-14-5-8-17/h10,14-15H,2-9,11H2,1H3. The molecule has 2 heterocycles. The quantitative estimate of drug-likeness (QED) is 0.758. The van der Waals surface area contributed by atoms with Gasteiger partial charge in [-0.3, -0.25) is 0 Å². The van der Waals surface area contributed by atoms with Crippen molar-refractivity contribution < 1.29 is 0 Å². The number of rotatable bonds is 6. The molecule has 102 valence electrons. The highest BCUT2D eigenvalue weighted by Gasteiger charge is 2.07. The first-order valence-electron chi connectivity index (χ1n) is 6.96. The van der Waals surface area contributed by atoms with Crippen LogP contribution in [0.4, 0.5) is 0 Å². The van der Waals surface area contributed by atoms with Gasteiger partial charge in [0, 0.05) is 43.8 Å². The van der Waals surface area contributed by atoms with Crippen molar-refractivity contribution in [2.75, 3.05) is 39.3 Å². The first-order chi connectivity index (χ1) is 8.88. The van der Waals surface area contributed by atoms with Crippen LogP contribution in [0.3, 0.4) is 0 Å². The highest BCUT2D eigenvalue weighted by Crippen LogP contribution is 2.12. The number of hydrogen-bond acceptors (Lipinski definition) is 5. The van der Waals surface area contributed by atoms with E-state index in [0.717, 1.165) is 32.6 Å². The Labute approximate surface area is 114 Å². The topological polar surface area (TPSA) is 40.2 Å². The van der Waals surface area contributed by atoms with Crippen molar-refractivity contribution in [1.82, 2.24) is 20.5 Å². The van der Waals surface area contributed by atoms with Crippen molar-refractivity contribution in [2.24, 2.45) is 0 Å². The van der Waals surface area contributed by atoms with E-state index in [1.807, 2.05) is 17.5 Å². The second-order valence-electron chi connectivity index (χ2n) is 4.70. The van der Waals surface area contributed by atoms with E-state index in [1.165, 1.54) is 35.9 Å². The minimum Gasteiger partial charge on any atom is -0.315 e. The van der Waals surface area contributed by atoms with Gasteiger partial charge in [-0.05, 0) is 25.9 Å². The summed E-state index contributed by atoms with van der Waals surface area (Å²) < 4.78 is 0. The van der Waals surface area contributed by atoms with Gasteiger partial charge >= 0.3 is 0 Å². The summed E-state index contributed by atoms with van der Waals surface area (Å²) in [4.78, 5) is 8.33. The summed E-state index contributed by atoms with van der Waals surface area (Å²) in [7, 11) is 0. The molecule has 2 rings (SSSR count). The average Bonchev–Trinajstić information content (AvgIpc) is 2.70. The van der Waals surface area contributed by atoms with Crippen LogP contribution >= 0.6 is 11.3 Å². The lowest BCUT2D eigenvalue weighted by Gasteiger charge is -2.19. The van der Waals surface area contributed by atoms with Crippen LogP contribution in [0.1, 0.15) is 23.2 Å². The molecule has 0 atom stereocenters. The predicted molar refractivity (Wildman–Crippen MR) is 77.1 cm³/mol. The molecule has 0 aromatic carbocycles. The molecule has 1 aliphatic heterocycles. The number of nitrogens with one attached hydrogen (secondary N) is 2. The molecule has 0 spiro atoms. The number of aromatic nitrogens is 1. The third-order valence-corrected chi connectivity index (χ3v) is 4.41. The highest BCUT2D eigenvalue weighted by molar-refractivity contribution is 7.11. The van der Waals surface area contributed by atoms with E-state index in [-0.39, 0.29) is 0 Å². The number of hydrogen-bond donors (Lipinski definition) is 2. The fraction of sp³-hybridized carbons (Fsp3) is 0.769. The minimum absolute atomic E-state index is 0.913. The largest absolute Gasteiger partial charge is 0.315 e. The van der Waals surface area contributed by atoms with Crippen molar-refractivity contribution in [3.8, 4) is 0 Å². The fourth-order valence-corrected chi connectivity index (χ4v) is 2.98. The predicted octanol–water partition coefficient (Wildman–Crippen LogP) is 1.09. The zero-order chi connectivity index (χ0) is 12.6. The molecule has 0 bridgehead atoms. The Morgan fingerprint density at radius 2 is 2.39 bits per heavy atom. The maximum atomic E-state index is 4.42. The van der Waals surface area contributed by atoms with Crippen LogP contribution in [0.25, 0.3) is 0 Å². The van der Waals surface area contributed by atoms with Gasteiger partial charge in [0.2, 0.25) is 0 Å². The Morgan fingerprint density at radius 3 is 3.22 bits per heavy atom. The lowest BCUT2D eigenvalue weighted by atomic mass is 10.4. The van der Waals surface area contributed by atoms with E-state index < -0.39 is 0 Å². The van der Waals surface area contributed by atoms with Crippen LogP contribution < -0.4 is 10.6 Å². The second kappa shape index (κ2) is 7.84. The van der Waals surface area contributed by atoms with Gasteiger partial charge in [-0.15, -0.1) is 11.3 Å². The summed E-state index contributed by atoms with van der Waals surface area (Å²) in [6, 6.07) is 0. The van der Waals surface area contributed by atoms with Crippen LogP contribution in [-0.2, 0) is 13.0 Å². The van der Waals surface area contributed by atoms with Gasteiger partial charge in [0.25, 0.3) is 0 Å². The van der Waals surface area contributed by atoms with Gasteiger partial charge in [-0.25, -0.2) is 4.98 Å². The summed E-state index contributed by atoms with van der Waals surface area (Å²) in [6.45, 7) is 10.0. The molecular formula is C13H24N4S. The Bertz CT molecular complexity index is 331. The Hall–Kier alpha value is -0.490. The number of thiazole rings is 1. The van der Waals surface area contributed by atoms with Crippen LogP contribution in [0.15, 0.2) is 6.20 Å². The third-order valence-electron chi connectivity index (χ3n) is 3.26. The normalized spacial score (nSPS) is 17.8. The SMILES string of the molecule is CCc1cnc(CNCCN2CCCNCC2)s1. The molecular weight excluding hydrogens is 244 g/mol. The fourth-order valence-electron chi connectivity index (χ4n) is 2.15. The molecule has 1 aliphatic rings. The Morgan fingerprint density at radius 1 is 1.44 bits per heavy atom. The van der Waals surface area contributed by atoms with Gasteiger partial charge in [-0.1, -0.05) is 6.92 Å². The van der Waals surface area contributed by atoms with Crippen LogP contribution in [0.5, 0.6) is 0 Å². The Balaban J connectivity index is 1.60. The van der Waals surface area contributed by atoms with Crippen LogP contribution in [-0.4, -0.2) is 49.2 Å². The lowest BCUT2D eigenvalue weighted by molar-refractivity contribution is 0.291. The second-order valence-corrected chi connectivity index (χ2v) is 5.90. The molecule has 18 heavy (non-hydrogen) atoms. The average molecular weight is 268 g/mol. The number of aryl methyl sites for hydroxylation is 1. The summed E-state index contributed by atoms with van der Waals surface area (Å²) in [5.41, 5.74) is 0. The van der Waals surface area contributed by atoms with E-state index in [2.05, 4.69) is 27.4 Å². The van der Waals surface area contributed by atoms with Crippen LogP contribution in [0, 0.1) is 0 Å². The Kier molecular flexibility index (Phi) is 6.07. The first kappa shape index (κ1) is 13.9.